The van der Waals surface area contributed by atoms with E-state index < -0.39 is 35.7 Å². The van der Waals surface area contributed by atoms with Gasteiger partial charge in [-0.2, -0.15) is 17.8 Å². The Labute approximate surface area is 224 Å². The van der Waals surface area contributed by atoms with Gasteiger partial charge in [-0.1, -0.05) is 61.2 Å². The number of esters is 1. The number of nitrogens with zero attached hydrogens (tertiary/aromatic N) is 6. The van der Waals surface area contributed by atoms with Crippen LogP contribution in [0.15, 0.2) is 60.4 Å². The van der Waals surface area contributed by atoms with E-state index in [4.69, 9.17) is 9.47 Å². The van der Waals surface area contributed by atoms with Crippen molar-refractivity contribution in [2.75, 3.05) is 24.4 Å². The first-order valence-corrected chi connectivity index (χ1v) is 17.4. The molecule has 0 bridgehead atoms. The predicted molar refractivity (Wildman–Crippen MR) is 147 cm³/mol. The first-order chi connectivity index (χ1) is 18.0. The van der Waals surface area contributed by atoms with Crippen LogP contribution in [0.25, 0.3) is 10.4 Å². The van der Waals surface area contributed by atoms with Gasteiger partial charge in [0.25, 0.3) is 0 Å². The normalized spacial score (nSPS) is 20.0. The largest absolute Gasteiger partial charge is 0.460 e. The van der Waals surface area contributed by atoms with Crippen LogP contribution in [0.4, 0.5) is 5.82 Å². The molecule has 12 nitrogen and oxygen atoms in total. The Balaban J connectivity index is 1.71. The van der Waals surface area contributed by atoms with Gasteiger partial charge in [-0.05, 0) is 29.5 Å². The van der Waals surface area contributed by atoms with E-state index in [1.807, 2.05) is 18.2 Å². The Morgan fingerprint density at radius 1 is 1.34 bits per heavy atom. The molecular weight excluding hydrogens is 526 g/mol. The fourth-order valence-corrected chi connectivity index (χ4v) is 6.05. The van der Waals surface area contributed by atoms with Gasteiger partial charge in [-0.25, -0.2) is 4.68 Å². The van der Waals surface area contributed by atoms with Crippen LogP contribution in [-0.2, 0) is 37.8 Å². The van der Waals surface area contributed by atoms with E-state index in [2.05, 4.69) is 46.1 Å². The van der Waals surface area contributed by atoms with Crippen molar-refractivity contribution in [3.05, 3.63) is 71.3 Å². The molecule has 1 aromatic carbocycles. The first kappa shape index (κ1) is 29.4. The highest BCUT2D eigenvalue weighted by Crippen LogP contribution is 2.37. The summed E-state index contributed by atoms with van der Waals surface area (Å²) in [5, 5.41) is 8.02. The molecule has 2 heterocycles. The molecule has 3 rings (SSSR count). The Hall–Kier alpha value is -3.16. The highest BCUT2D eigenvalue weighted by atomic mass is 32.2. The number of hydrogen-bond donors (Lipinski definition) is 1. The molecule has 2 atom stereocenters. The van der Waals surface area contributed by atoms with Gasteiger partial charge in [0, 0.05) is 44.9 Å². The number of carbonyl (C=O) groups excluding carboxylic acids is 1. The van der Waals surface area contributed by atoms with Crippen LogP contribution in [0.1, 0.15) is 12.0 Å². The number of aromatic nitrogens is 2. The second kappa shape index (κ2) is 12.6. The summed E-state index contributed by atoms with van der Waals surface area (Å²) >= 11 is 0. The summed E-state index contributed by atoms with van der Waals surface area (Å²) in [6.07, 6.45) is 3.42. The summed E-state index contributed by atoms with van der Waals surface area (Å²) in [5.41, 5.74) is 8.30. The van der Waals surface area contributed by atoms with Crippen molar-refractivity contribution in [2.45, 2.75) is 51.0 Å². The van der Waals surface area contributed by atoms with Crippen molar-refractivity contribution >= 4 is 30.1 Å². The van der Waals surface area contributed by atoms with E-state index in [1.54, 1.807) is 24.4 Å². The molecule has 1 N–H and O–H groups in total. The Morgan fingerprint density at radius 2 is 2.08 bits per heavy atom. The number of rotatable bonds is 14. The summed E-state index contributed by atoms with van der Waals surface area (Å²) < 4.78 is 42.7. The van der Waals surface area contributed by atoms with Crippen LogP contribution < -0.4 is 4.72 Å². The lowest BCUT2D eigenvalue weighted by atomic mass is 9.85. The lowest BCUT2D eigenvalue weighted by Crippen LogP contribution is -2.46. The lowest BCUT2D eigenvalue weighted by molar-refractivity contribution is -0.152. The molecule has 0 saturated carbocycles. The first-order valence-electron chi connectivity index (χ1n) is 12.3. The van der Waals surface area contributed by atoms with Gasteiger partial charge in [-0.3, -0.25) is 9.52 Å². The zero-order valence-electron chi connectivity index (χ0n) is 22.0. The van der Waals surface area contributed by atoms with E-state index in [0.717, 1.165) is 15.9 Å². The molecule has 1 aliphatic rings. The van der Waals surface area contributed by atoms with Crippen molar-refractivity contribution in [2.24, 2.45) is 11.0 Å². The number of ether oxygens (including phenoxy) is 2. The van der Waals surface area contributed by atoms with Crippen LogP contribution in [0.5, 0.6) is 0 Å². The van der Waals surface area contributed by atoms with Crippen LogP contribution in [0, 0.1) is 5.92 Å². The van der Waals surface area contributed by atoms with Gasteiger partial charge < -0.3 is 9.47 Å². The maximum absolute atomic E-state index is 13.3. The van der Waals surface area contributed by atoms with E-state index in [-0.39, 0.29) is 38.7 Å². The minimum atomic E-state index is -4.14. The number of carbonyl (C=O) groups is 1. The van der Waals surface area contributed by atoms with Gasteiger partial charge in [0.1, 0.15) is 13.3 Å². The Morgan fingerprint density at radius 3 is 2.74 bits per heavy atom. The lowest BCUT2D eigenvalue weighted by Gasteiger charge is -2.26. The maximum atomic E-state index is 13.3. The second-order valence-corrected chi connectivity index (χ2v) is 17.7. The fourth-order valence-electron chi connectivity index (χ4n) is 4.05. The molecule has 0 radical (unpaired) electrons. The number of allylic oxidation sites excluding steroid dienone is 1. The molecule has 206 valence electrons. The van der Waals surface area contributed by atoms with Crippen molar-refractivity contribution in [3.8, 4) is 0 Å². The van der Waals surface area contributed by atoms with E-state index in [1.165, 1.54) is 10.7 Å². The average Bonchev–Trinajstić information content (AvgIpc) is 3.46. The fraction of sp³-hybridized carbons (Fsp3) is 0.500. The summed E-state index contributed by atoms with van der Waals surface area (Å²) in [6, 6.07) is 11.6. The van der Waals surface area contributed by atoms with E-state index >= 15 is 0 Å². The van der Waals surface area contributed by atoms with Crippen LogP contribution in [0.3, 0.4) is 0 Å². The molecule has 1 aliphatic heterocycles. The minimum Gasteiger partial charge on any atom is -0.460 e. The topological polar surface area (TPSA) is 152 Å². The summed E-state index contributed by atoms with van der Waals surface area (Å²) in [6.45, 7) is 10.8. The molecule has 0 aliphatic carbocycles. The molecule has 0 spiro atoms. The standard InChI is InChI=1S/C24H35N7O5SSi/c1-5-9-21-16-31(18-24(21,28-29-25)23(32)36-17-20-10-7-6-8-11-20)37(33,34)27-22-12-13-30(26-22)19-35-14-15-38(2,3)4/h5-8,10-13,21H,1,9,14-19H2,2-4H3,(H,26,27). The third kappa shape index (κ3) is 7.68. The maximum Gasteiger partial charge on any atom is 0.320 e. The molecule has 1 saturated heterocycles. The van der Waals surface area contributed by atoms with Crippen LogP contribution in [-0.4, -0.2) is 61.8 Å². The molecule has 1 fully saturated rings. The number of azide groups is 1. The van der Waals surface area contributed by atoms with Crippen LogP contribution >= 0.6 is 0 Å². The summed E-state index contributed by atoms with van der Waals surface area (Å²) in [5.74, 6) is -1.34. The quantitative estimate of drug-likeness (QED) is 0.0696. The Bertz CT molecular complexity index is 1260. The highest BCUT2D eigenvalue weighted by molar-refractivity contribution is 7.90. The van der Waals surface area contributed by atoms with Gasteiger partial charge >= 0.3 is 16.2 Å². The Kier molecular flexibility index (Phi) is 9.74. The number of hydrogen-bond acceptors (Lipinski definition) is 7. The van der Waals surface area contributed by atoms with E-state index in [9.17, 15) is 18.7 Å². The smallest absolute Gasteiger partial charge is 0.320 e. The van der Waals surface area contributed by atoms with Gasteiger partial charge in [0.15, 0.2) is 11.4 Å². The predicted octanol–water partition coefficient (Wildman–Crippen LogP) is 4.15. The second-order valence-electron chi connectivity index (χ2n) is 10.4. The van der Waals surface area contributed by atoms with Crippen LogP contribution in [0.2, 0.25) is 25.7 Å². The van der Waals surface area contributed by atoms with Gasteiger partial charge in [-0.15, -0.1) is 6.58 Å². The molecule has 0 amide bonds. The molecule has 14 heteroatoms. The highest BCUT2D eigenvalue weighted by Gasteiger charge is 2.55. The monoisotopic (exact) mass is 561 g/mol. The molecule has 38 heavy (non-hydrogen) atoms. The van der Waals surface area contributed by atoms with Crippen molar-refractivity contribution in [3.63, 3.8) is 0 Å². The molecule has 1 aromatic heterocycles. The molecule has 2 aromatic rings. The third-order valence-corrected chi connectivity index (χ3v) is 9.32. The third-order valence-electron chi connectivity index (χ3n) is 6.19. The number of benzene rings is 1. The minimum absolute atomic E-state index is 0.0361. The zero-order valence-corrected chi connectivity index (χ0v) is 23.8. The van der Waals surface area contributed by atoms with E-state index in [0.29, 0.717) is 6.61 Å². The van der Waals surface area contributed by atoms with Gasteiger partial charge in [0.2, 0.25) is 0 Å². The summed E-state index contributed by atoms with van der Waals surface area (Å²) in [4.78, 5) is 16.1. The number of nitrogens with one attached hydrogen (secondary N) is 1. The number of anilines is 1. The summed E-state index contributed by atoms with van der Waals surface area (Å²) in [7, 11) is -5.36. The van der Waals surface area contributed by atoms with Crippen molar-refractivity contribution in [1.29, 1.82) is 0 Å². The van der Waals surface area contributed by atoms with Gasteiger partial charge in [0.05, 0.1) is 0 Å². The van der Waals surface area contributed by atoms with Crippen molar-refractivity contribution < 1.29 is 22.7 Å². The average molecular weight is 562 g/mol. The molecule has 2 unspecified atom stereocenters. The molecular formula is C24H35N7O5SSi. The SMILES string of the molecule is C=CCC1CN(S(=O)(=O)Nc2ccn(COCC[Si](C)(C)C)n2)CC1(N=[N+]=[N-])C(=O)OCc1ccccc1. The van der Waals surface area contributed by atoms with Crippen molar-refractivity contribution in [1.82, 2.24) is 14.1 Å². The zero-order chi connectivity index (χ0) is 27.8.